The fraction of sp³-hybridized carbons (Fsp3) is 0.417. The topological polar surface area (TPSA) is 49.4 Å². The fourth-order valence-corrected chi connectivity index (χ4v) is 4.04. The standard InChI is InChI=1S/C24H30ClFN2O2S/c1-4-17(3)27-24(30)22(5-2)28(16-18-6-10-20(26)11-7-18)23(29)14-15-31-21-12-8-19(25)9-13-21/h6-13,17,22H,4-5,14-16H2,1-3H3,(H,27,30)/t17-,22-/m0/s1. The number of amides is 2. The number of nitrogens with zero attached hydrogens (tertiary/aromatic N) is 1. The Morgan fingerprint density at radius 1 is 1.06 bits per heavy atom. The highest BCUT2D eigenvalue weighted by Crippen LogP contribution is 2.22. The molecule has 0 spiro atoms. The van der Waals surface area contributed by atoms with Gasteiger partial charge in [-0.05, 0) is 61.7 Å². The molecule has 0 aliphatic carbocycles. The molecule has 1 N–H and O–H groups in total. The minimum Gasteiger partial charge on any atom is -0.352 e. The van der Waals surface area contributed by atoms with Gasteiger partial charge in [-0.25, -0.2) is 4.39 Å². The normalized spacial score (nSPS) is 12.8. The van der Waals surface area contributed by atoms with Gasteiger partial charge < -0.3 is 10.2 Å². The van der Waals surface area contributed by atoms with Gasteiger partial charge in [-0.2, -0.15) is 0 Å². The number of halogens is 2. The zero-order valence-electron chi connectivity index (χ0n) is 18.2. The van der Waals surface area contributed by atoms with E-state index in [0.717, 1.165) is 16.9 Å². The first-order valence-corrected chi connectivity index (χ1v) is 11.9. The van der Waals surface area contributed by atoms with Crippen molar-refractivity contribution in [3.63, 3.8) is 0 Å². The molecule has 0 unspecified atom stereocenters. The van der Waals surface area contributed by atoms with Crippen LogP contribution in [0.15, 0.2) is 53.4 Å². The quantitative estimate of drug-likeness (QED) is 0.435. The molecule has 0 fully saturated rings. The number of benzene rings is 2. The average Bonchev–Trinajstić information content (AvgIpc) is 2.76. The van der Waals surface area contributed by atoms with Crippen molar-refractivity contribution >= 4 is 35.2 Å². The molecule has 7 heteroatoms. The van der Waals surface area contributed by atoms with Gasteiger partial charge in [0.25, 0.3) is 0 Å². The van der Waals surface area contributed by atoms with E-state index in [9.17, 15) is 14.0 Å². The Hall–Kier alpha value is -2.05. The molecule has 2 aromatic carbocycles. The second-order valence-electron chi connectivity index (χ2n) is 7.44. The molecule has 0 aliphatic heterocycles. The predicted molar refractivity (Wildman–Crippen MR) is 126 cm³/mol. The molecule has 0 saturated heterocycles. The van der Waals surface area contributed by atoms with Crippen LogP contribution in [0.5, 0.6) is 0 Å². The maximum Gasteiger partial charge on any atom is 0.243 e. The van der Waals surface area contributed by atoms with Gasteiger partial charge in [0.15, 0.2) is 0 Å². The Labute approximate surface area is 193 Å². The molecule has 4 nitrogen and oxygen atoms in total. The molecule has 2 amide bonds. The lowest BCUT2D eigenvalue weighted by atomic mass is 10.1. The molecule has 0 radical (unpaired) electrons. The van der Waals surface area contributed by atoms with Gasteiger partial charge in [0, 0.05) is 34.7 Å². The van der Waals surface area contributed by atoms with Crippen LogP contribution in [-0.4, -0.2) is 34.6 Å². The third-order valence-corrected chi connectivity index (χ3v) is 6.32. The summed E-state index contributed by atoms with van der Waals surface area (Å²) in [7, 11) is 0. The smallest absolute Gasteiger partial charge is 0.243 e. The van der Waals surface area contributed by atoms with E-state index >= 15 is 0 Å². The number of carbonyl (C=O) groups excluding carboxylic acids is 2. The summed E-state index contributed by atoms with van der Waals surface area (Å²) in [5.41, 5.74) is 0.787. The highest BCUT2D eigenvalue weighted by molar-refractivity contribution is 7.99. The third-order valence-electron chi connectivity index (χ3n) is 5.05. The van der Waals surface area contributed by atoms with Crippen LogP contribution in [0.2, 0.25) is 5.02 Å². The van der Waals surface area contributed by atoms with Gasteiger partial charge in [-0.15, -0.1) is 11.8 Å². The second-order valence-corrected chi connectivity index (χ2v) is 9.05. The van der Waals surface area contributed by atoms with Crippen molar-refractivity contribution in [2.45, 2.75) is 63.6 Å². The van der Waals surface area contributed by atoms with Gasteiger partial charge in [-0.1, -0.05) is 37.6 Å². The van der Waals surface area contributed by atoms with Gasteiger partial charge in [0.1, 0.15) is 11.9 Å². The van der Waals surface area contributed by atoms with E-state index in [2.05, 4.69) is 5.32 Å². The molecular weight excluding hydrogens is 435 g/mol. The Balaban J connectivity index is 2.12. The SMILES string of the molecule is CC[C@H](C)NC(=O)[C@H](CC)N(Cc1ccc(F)cc1)C(=O)CCSc1ccc(Cl)cc1. The summed E-state index contributed by atoms with van der Waals surface area (Å²) in [6.45, 7) is 6.10. The van der Waals surface area contributed by atoms with Gasteiger partial charge in [-0.3, -0.25) is 9.59 Å². The molecular formula is C24H30ClFN2O2S. The fourth-order valence-electron chi connectivity index (χ4n) is 3.08. The molecule has 0 heterocycles. The monoisotopic (exact) mass is 464 g/mol. The van der Waals surface area contributed by atoms with Crippen molar-refractivity contribution in [1.29, 1.82) is 0 Å². The summed E-state index contributed by atoms with van der Waals surface area (Å²) in [5, 5.41) is 3.66. The highest BCUT2D eigenvalue weighted by Gasteiger charge is 2.29. The van der Waals surface area contributed by atoms with E-state index in [1.165, 1.54) is 12.1 Å². The van der Waals surface area contributed by atoms with Crippen LogP contribution < -0.4 is 5.32 Å². The zero-order chi connectivity index (χ0) is 22.8. The summed E-state index contributed by atoms with van der Waals surface area (Å²) in [6.07, 6.45) is 1.60. The lowest BCUT2D eigenvalue weighted by Crippen LogP contribution is -2.50. The first-order chi connectivity index (χ1) is 14.8. The maximum absolute atomic E-state index is 13.3. The van der Waals surface area contributed by atoms with Crippen LogP contribution in [0.3, 0.4) is 0 Å². The van der Waals surface area contributed by atoms with Crippen molar-refractivity contribution in [3.8, 4) is 0 Å². The van der Waals surface area contributed by atoms with Gasteiger partial charge in [0.05, 0.1) is 0 Å². The van der Waals surface area contributed by atoms with Crippen LogP contribution >= 0.6 is 23.4 Å². The van der Waals surface area contributed by atoms with Crippen molar-refractivity contribution in [3.05, 3.63) is 64.9 Å². The number of thioether (sulfide) groups is 1. The van der Waals surface area contributed by atoms with E-state index in [1.54, 1.807) is 28.8 Å². The molecule has 0 aromatic heterocycles. The number of rotatable bonds is 11. The molecule has 2 aromatic rings. The molecule has 2 rings (SSSR count). The summed E-state index contributed by atoms with van der Waals surface area (Å²) < 4.78 is 13.3. The second kappa shape index (κ2) is 12.7. The molecule has 2 atom stereocenters. The number of nitrogens with one attached hydrogen (secondary N) is 1. The Bertz CT molecular complexity index is 846. The van der Waals surface area contributed by atoms with Crippen LogP contribution in [0.25, 0.3) is 0 Å². The Kier molecular flexibility index (Phi) is 10.3. The first kappa shape index (κ1) is 25.2. The Morgan fingerprint density at radius 3 is 2.29 bits per heavy atom. The summed E-state index contributed by atoms with van der Waals surface area (Å²) in [5.74, 6) is 0.00113. The van der Waals surface area contributed by atoms with Crippen LogP contribution in [-0.2, 0) is 16.1 Å². The van der Waals surface area contributed by atoms with Crippen molar-refractivity contribution < 1.29 is 14.0 Å². The Morgan fingerprint density at radius 2 is 1.71 bits per heavy atom. The van der Waals surface area contributed by atoms with E-state index in [0.29, 0.717) is 23.6 Å². The number of carbonyl (C=O) groups is 2. The van der Waals surface area contributed by atoms with Crippen LogP contribution in [0, 0.1) is 5.82 Å². The largest absolute Gasteiger partial charge is 0.352 e. The highest BCUT2D eigenvalue weighted by atomic mass is 35.5. The van der Waals surface area contributed by atoms with Crippen molar-refractivity contribution in [2.24, 2.45) is 0 Å². The predicted octanol–water partition coefficient (Wildman–Crippen LogP) is 5.68. The lowest BCUT2D eigenvalue weighted by molar-refractivity contribution is -0.141. The maximum atomic E-state index is 13.3. The lowest BCUT2D eigenvalue weighted by Gasteiger charge is -2.31. The van der Waals surface area contributed by atoms with Crippen LogP contribution in [0.1, 0.15) is 45.6 Å². The van der Waals surface area contributed by atoms with Crippen LogP contribution in [0.4, 0.5) is 4.39 Å². The first-order valence-electron chi connectivity index (χ1n) is 10.6. The van der Waals surface area contributed by atoms with Gasteiger partial charge in [0.2, 0.25) is 11.8 Å². The van der Waals surface area contributed by atoms with Crippen molar-refractivity contribution in [2.75, 3.05) is 5.75 Å². The van der Waals surface area contributed by atoms with E-state index in [-0.39, 0.29) is 30.2 Å². The number of hydrogen-bond acceptors (Lipinski definition) is 3. The van der Waals surface area contributed by atoms with Gasteiger partial charge >= 0.3 is 0 Å². The molecule has 168 valence electrons. The van der Waals surface area contributed by atoms with E-state index in [4.69, 9.17) is 11.6 Å². The summed E-state index contributed by atoms with van der Waals surface area (Å²) >= 11 is 7.49. The third kappa shape index (κ3) is 8.19. The average molecular weight is 465 g/mol. The van der Waals surface area contributed by atoms with Crippen molar-refractivity contribution in [1.82, 2.24) is 10.2 Å². The molecule has 0 aliphatic rings. The molecule has 31 heavy (non-hydrogen) atoms. The zero-order valence-corrected chi connectivity index (χ0v) is 19.8. The summed E-state index contributed by atoms with van der Waals surface area (Å²) in [6, 6.07) is 13.0. The molecule has 0 bridgehead atoms. The number of hydrogen-bond donors (Lipinski definition) is 1. The minimum atomic E-state index is -0.577. The van der Waals surface area contributed by atoms with E-state index in [1.807, 2.05) is 45.0 Å². The van der Waals surface area contributed by atoms with E-state index < -0.39 is 6.04 Å². The summed E-state index contributed by atoms with van der Waals surface area (Å²) in [4.78, 5) is 28.7. The minimum absolute atomic E-state index is 0.0322. The molecule has 0 saturated carbocycles.